The van der Waals surface area contributed by atoms with Crippen LogP contribution < -0.4 is 10.6 Å². The van der Waals surface area contributed by atoms with Crippen LogP contribution in [0.5, 0.6) is 0 Å². The van der Waals surface area contributed by atoms with Crippen LogP contribution in [0.1, 0.15) is 17.5 Å². The maximum atomic E-state index is 13.0. The molecule has 0 atom stereocenters. The predicted molar refractivity (Wildman–Crippen MR) is 89.1 cm³/mol. The van der Waals surface area contributed by atoms with Gasteiger partial charge in [0.1, 0.15) is 5.82 Å². The summed E-state index contributed by atoms with van der Waals surface area (Å²) in [5.41, 5.74) is 3.27. The standard InChI is InChI=1S/C17H18ClFN2O/c1-11-8-12(2)17(15(18)9-11)21-16(22)6-7-20-14-5-3-4-13(19)10-14/h3-5,8-10,20H,6-7H2,1-2H3,(H,21,22). The van der Waals surface area contributed by atoms with Gasteiger partial charge in [-0.05, 0) is 49.2 Å². The molecule has 0 aromatic heterocycles. The number of carbonyl (C=O) groups is 1. The maximum absolute atomic E-state index is 13.0. The van der Waals surface area contributed by atoms with Crippen LogP contribution in [0.25, 0.3) is 0 Å². The Labute approximate surface area is 134 Å². The molecule has 1 amide bonds. The maximum Gasteiger partial charge on any atom is 0.226 e. The van der Waals surface area contributed by atoms with Crippen LogP contribution in [0.4, 0.5) is 15.8 Å². The average Bonchev–Trinajstić information content (AvgIpc) is 2.43. The van der Waals surface area contributed by atoms with E-state index in [0.29, 0.717) is 22.9 Å². The fourth-order valence-corrected chi connectivity index (χ4v) is 2.56. The summed E-state index contributed by atoms with van der Waals surface area (Å²) in [6.45, 7) is 4.27. The summed E-state index contributed by atoms with van der Waals surface area (Å²) in [6, 6.07) is 9.91. The number of aryl methyl sites for hydroxylation is 2. The molecule has 0 aliphatic rings. The molecule has 2 aromatic rings. The third-order valence-electron chi connectivity index (χ3n) is 3.20. The van der Waals surface area contributed by atoms with Crippen molar-refractivity contribution in [2.45, 2.75) is 20.3 Å². The monoisotopic (exact) mass is 320 g/mol. The third-order valence-corrected chi connectivity index (χ3v) is 3.50. The number of rotatable bonds is 5. The highest BCUT2D eigenvalue weighted by molar-refractivity contribution is 6.34. The van der Waals surface area contributed by atoms with Gasteiger partial charge in [0.25, 0.3) is 0 Å². The minimum absolute atomic E-state index is 0.141. The van der Waals surface area contributed by atoms with Crippen LogP contribution in [-0.4, -0.2) is 12.5 Å². The van der Waals surface area contributed by atoms with Crippen LogP contribution in [0.2, 0.25) is 5.02 Å². The van der Waals surface area contributed by atoms with Crippen molar-refractivity contribution in [2.24, 2.45) is 0 Å². The lowest BCUT2D eigenvalue weighted by Crippen LogP contribution is -2.17. The molecule has 0 spiro atoms. The number of halogens is 2. The van der Waals surface area contributed by atoms with Crippen molar-refractivity contribution in [2.75, 3.05) is 17.2 Å². The number of nitrogens with one attached hydrogen (secondary N) is 2. The van der Waals surface area contributed by atoms with Gasteiger partial charge in [0.2, 0.25) is 5.91 Å². The molecule has 116 valence electrons. The summed E-state index contributed by atoms with van der Waals surface area (Å²) in [5, 5.41) is 6.36. The second-order valence-corrected chi connectivity index (χ2v) is 5.58. The Balaban J connectivity index is 1.89. The molecule has 0 aliphatic heterocycles. The van der Waals surface area contributed by atoms with Crippen molar-refractivity contribution in [1.82, 2.24) is 0 Å². The predicted octanol–water partition coefficient (Wildman–Crippen LogP) is 4.54. The molecule has 2 aromatic carbocycles. The van der Waals surface area contributed by atoms with Crippen molar-refractivity contribution in [3.63, 3.8) is 0 Å². The van der Waals surface area contributed by atoms with Crippen molar-refractivity contribution < 1.29 is 9.18 Å². The highest BCUT2D eigenvalue weighted by atomic mass is 35.5. The lowest BCUT2D eigenvalue weighted by molar-refractivity contribution is -0.115. The van der Waals surface area contributed by atoms with Crippen LogP contribution >= 0.6 is 11.6 Å². The van der Waals surface area contributed by atoms with Crippen molar-refractivity contribution in [3.8, 4) is 0 Å². The zero-order valence-corrected chi connectivity index (χ0v) is 13.3. The molecule has 0 radical (unpaired) electrons. The van der Waals surface area contributed by atoms with Gasteiger partial charge >= 0.3 is 0 Å². The molecule has 0 aliphatic carbocycles. The molecule has 2 N–H and O–H groups in total. The van der Waals surface area contributed by atoms with E-state index in [2.05, 4.69) is 10.6 Å². The molecule has 0 saturated heterocycles. The lowest BCUT2D eigenvalue weighted by atomic mass is 10.1. The van der Waals surface area contributed by atoms with Gasteiger partial charge in [-0.15, -0.1) is 0 Å². The van der Waals surface area contributed by atoms with Gasteiger partial charge in [-0.25, -0.2) is 4.39 Å². The minimum Gasteiger partial charge on any atom is -0.384 e. The summed E-state index contributed by atoms with van der Waals surface area (Å²) in [7, 11) is 0. The van der Waals surface area contributed by atoms with Gasteiger partial charge in [0.15, 0.2) is 0 Å². The molecule has 0 fully saturated rings. The van der Waals surface area contributed by atoms with E-state index in [-0.39, 0.29) is 18.1 Å². The van der Waals surface area contributed by atoms with Crippen molar-refractivity contribution in [3.05, 3.63) is 58.4 Å². The first-order valence-corrected chi connectivity index (χ1v) is 7.39. The first kappa shape index (κ1) is 16.3. The van der Waals surface area contributed by atoms with E-state index < -0.39 is 0 Å². The molecule has 5 heteroatoms. The summed E-state index contributed by atoms with van der Waals surface area (Å²) in [6.07, 6.45) is 0.264. The number of carbonyl (C=O) groups excluding carboxylic acids is 1. The molecule has 0 saturated carbocycles. The zero-order chi connectivity index (χ0) is 16.1. The number of anilines is 2. The summed E-state index contributed by atoms with van der Waals surface area (Å²) in [5.74, 6) is -0.450. The lowest BCUT2D eigenvalue weighted by Gasteiger charge is -2.12. The third kappa shape index (κ3) is 4.46. The molecule has 0 unspecified atom stereocenters. The molecule has 22 heavy (non-hydrogen) atoms. The fourth-order valence-electron chi connectivity index (χ4n) is 2.19. The Morgan fingerprint density at radius 2 is 2.00 bits per heavy atom. The van der Waals surface area contributed by atoms with E-state index in [4.69, 9.17) is 11.6 Å². The van der Waals surface area contributed by atoms with Crippen molar-refractivity contribution in [1.29, 1.82) is 0 Å². The Bertz CT molecular complexity index is 665. The SMILES string of the molecule is Cc1cc(C)c(NC(=O)CCNc2cccc(F)c2)c(Cl)c1. The molecule has 3 nitrogen and oxygen atoms in total. The summed E-state index contributed by atoms with van der Waals surface area (Å²) in [4.78, 5) is 12.0. The van der Waals surface area contributed by atoms with Crippen LogP contribution in [0, 0.1) is 19.7 Å². The first-order chi connectivity index (χ1) is 10.5. The normalized spacial score (nSPS) is 10.4. The second kappa shape index (κ2) is 7.27. The summed E-state index contributed by atoms with van der Waals surface area (Å²) >= 11 is 6.15. The first-order valence-electron chi connectivity index (χ1n) is 7.02. The Hall–Kier alpha value is -2.07. The second-order valence-electron chi connectivity index (χ2n) is 5.17. The molecular weight excluding hydrogens is 303 g/mol. The van der Waals surface area contributed by atoms with Crippen molar-refractivity contribution >= 4 is 28.9 Å². The van der Waals surface area contributed by atoms with Crippen LogP contribution in [-0.2, 0) is 4.79 Å². The number of hydrogen-bond acceptors (Lipinski definition) is 2. The zero-order valence-electron chi connectivity index (χ0n) is 12.5. The highest BCUT2D eigenvalue weighted by Crippen LogP contribution is 2.27. The van der Waals surface area contributed by atoms with Gasteiger partial charge in [0.05, 0.1) is 10.7 Å². The number of hydrogen-bond donors (Lipinski definition) is 2. The van der Waals surface area contributed by atoms with Gasteiger partial charge in [-0.1, -0.05) is 23.7 Å². The smallest absolute Gasteiger partial charge is 0.226 e. The van der Waals surface area contributed by atoms with Gasteiger partial charge in [-0.3, -0.25) is 4.79 Å². The summed E-state index contributed by atoms with van der Waals surface area (Å²) < 4.78 is 13.0. The van der Waals surface area contributed by atoms with Gasteiger partial charge in [-0.2, -0.15) is 0 Å². The highest BCUT2D eigenvalue weighted by Gasteiger charge is 2.09. The Morgan fingerprint density at radius 3 is 2.68 bits per heavy atom. The van der Waals surface area contributed by atoms with Gasteiger partial charge < -0.3 is 10.6 Å². The molecule has 2 rings (SSSR count). The number of benzene rings is 2. The van der Waals surface area contributed by atoms with E-state index in [1.54, 1.807) is 12.1 Å². The Kier molecular flexibility index (Phi) is 5.39. The average molecular weight is 321 g/mol. The van der Waals surface area contributed by atoms with E-state index in [9.17, 15) is 9.18 Å². The molecular formula is C17H18ClFN2O. The van der Waals surface area contributed by atoms with E-state index in [0.717, 1.165) is 11.1 Å². The topological polar surface area (TPSA) is 41.1 Å². The molecule has 0 bridgehead atoms. The minimum atomic E-state index is -0.309. The van der Waals surface area contributed by atoms with E-state index in [1.165, 1.54) is 12.1 Å². The fraction of sp³-hybridized carbons (Fsp3) is 0.235. The van der Waals surface area contributed by atoms with Crippen LogP contribution in [0.3, 0.4) is 0 Å². The van der Waals surface area contributed by atoms with E-state index in [1.807, 2.05) is 26.0 Å². The Morgan fingerprint density at radius 1 is 1.23 bits per heavy atom. The van der Waals surface area contributed by atoms with Crippen LogP contribution in [0.15, 0.2) is 36.4 Å². The number of amides is 1. The van der Waals surface area contributed by atoms with E-state index >= 15 is 0 Å². The van der Waals surface area contributed by atoms with Gasteiger partial charge in [0, 0.05) is 18.7 Å². The molecule has 0 heterocycles. The largest absolute Gasteiger partial charge is 0.384 e. The quantitative estimate of drug-likeness (QED) is 0.849.